The highest BCUT2D eigenvalue weighted by Crippen LogP contribution is 2.26. The molecule has 0 unspecified atom stereocenters. The lowest BCUT2D eigenvalue weighted by molar-refractivity contribution is -0.141. The molecule has 2 bridgehead atoms. The maximum absolute atomic E-state index is 13.4. The van der Waals surface area contributed by atoms with E-state index in [4.69, 9.17) is 9.47 Å². The van der Waals surface area contributed by atoms with E-state index in [-0.39, 0.29) is 48.1 Å². The van der Waals surface area contributed by atoms with Crippen molar-refractivity contribution in [3.8, 4) is 5.75 Å². The summed E-state index contributed by atoms with van der Waals surface area (Å²) in [5.41, 5.74) is 1.18. The number of alkyl halides is 1. The first kappa shape index (κ1) is 27.7. The Hall–Kier alpha value is -3.35. The minimum Gasteiger partial charge on any atom is -0.491 e. The molecule has 0 radical (unpaired) electrons. The summed E-state index contributed by atoms with van der Waals surface area (Å²) in [5.74, 6) is -0.518. The zero-order valence-corrected chi connectivity index (χ0v) is 23.5. The molecule has 2 aromatic carbocycles. The SMILES string of the molecule is CN1C[C@@H](NC(=O)OCc2ccccc2)C(=O)N(C)CC(=O)N2C[C@@H](I)C[C@H]2COc2cccc(c2)C1=O. The molecule has 2 aliphatic rings. The third-order valence-electron chi connectivity index (χ3n) is 6.56. The van der Waals surface area contributed by atoms with E-state index in [0.29, 0.717) is 17.9 Å². The summed E-state index contributed by atoms with van der Waals surface area (Å²) in [6, 6.07) is 14.7. The fourth-order valence-corrected chi connectivity index (χ4v) is 5.55. The highest BCUT2D eigenvalue weighted by Gasteiger charge is 2.36. The molecular weight excluding hydrogens is 603 g/mol. The van der Waals surface area contributed by atoms with Gasteiger partial charge in [0.2, 0.25) is 11.8 Å². The third-order valence-corrected chi connectivity index (χ3v) is 7.46. The van der Waals surface area contributed by atoms with Crippen LogP contribution < -0.4 is 10.1 Å². The van der Waals surface area contributed by atoms with Crippen molar-refractivity contribution in [2.24, 2.45) is 0 Å². The van der Waals surface area contributed by atoms with Crippen molar-refractivity contribution in [3.63, 3.8) is 0 Å². The van der Waals surface area contributed by atoms with Gasteiger partial charge in [-0.1, -0.05) is 59.0 Å². The number of likely N-dealkylation sites (N-methyl/N-ethyl adjacent to an activating group) is 2. The Morgan fingerprint density at radius 1 is 1.05 bits per heavy atom. The summed E-state index contributed by atoms with van der Waals surface area (Å²) in [7, 11) is 3.06. The van der Waals surface area contributed by atoms with E-state index in [0.717, 1.165) is 12.0 Å². The van der Waals surface area contributed by atoms with E-state index in [2.05, 4.69) is 27.9 Å². The van der Waals surface area contributed by atoms with Crippen LogP contribution in [0, 0.1) is 0 Å². The number of nitrogens with one attached hydrogen (secondary N) is 1. The predicted octanol–water partition coefficient (Wildman–Crippen LogP) is 2.31. The molecule has 0 aliphatic carbocycles. The molecule has 0 saturated carbocycles. The summed E-state index contributed by atoms with van der Waals surface area (Å²) in [6.45, 7) is 0.584. The van der Waals surface area contributed by atoms with Gasteiger partial charge in [0.25, 0.3) is 5.91 Å². The molecule has 0 aromatic heterocycles. The van der Waals surface area contributed by atoms with Crippen molar-refractivity contribution in [2.75, 3.05) is 40.3 Å². The van der Waals surface area contributed by atoms with Gasteiger partial charge in [-0.25, -0.2) is 4.79 Å². The van der Waals surface area contributed by atoms with Gasteiger partial charge >= 0.3 is 6.09 Å². The van der Waals surface area contributed by atoms with Gasteiger partial charge in [0.05, 0.1) is 19.1 Å². The van der Waals surface area contributed by atoms with Crippen molar-refractivity contribution in [2.45, 2.75) is 29.0 Å². The van der Waals surface area contributed by atoms with Crippen molar-refractivity contribution in [1.82, 2.24) is 20.0 Å². The first-order valence-electron chi connectivity index (χ1n) is 12.4. The number of benzene rings is 2. The highest BCUT2D eigenvalue weighted by molar-refractivity contribution is 14.1. The van der Waals surface area contributed by atoms with Crippen LogP contribution in [0.3, 0.4) is 0 Å². The predicted molar refractivity (Wildman–Crippen MR) is 148 cm³/mol. The quantitative estimate of drug-likeness (QED) is 0.411. The summed E-state index contributed by atoms with van der Waals surface area (Å²) in [6.07, 6.45) is -0.0311. The number of nitrogens with zero attached hydrogens (tertiary/aromatic N) is 3. The zero-order chi connectivity index (χ0) is 27.2. The second-order valence-corrected chi connectivity index (χ2v) is 11.3. The molecule has 4 amide bonds. The van der Waals surface area contributed by atoms with Crippen LogP contribution in [-0.2, 0) is 20.9 Å². The lowest BCUT2D eigenvalue weighted by Gasteiger charge is -2.30. The Balaban J connectivity index is 1.56. The summed E-state index contributed by atoms with van der Waals surface area (Å²) in [5, 5.41) is 2.59. The smallest absolute Gasteiger partial charge is 0.408 e. The number of rotatable bonds is 3. The molecule has 10 nitrogen and oxygen atoms in total. The van der Waals surface area contributed by atoms with E-state index in [9.17, 15) is 19.2 Å². The molecule has 2 heterocycles. The number of hydrogen-bond donors (Lipinski definition) is 1. The maximum atomic E-state index is 13.4. The Kier molecular flexibility index (Phi) is 9.08. The summed E-state index contributed by atoms with van der Waals surface area (Å²) in [4.78, 5) is 56.9. The van der Waals surface area contributed by atoms with Crippen LogP contribution in [0.2, 0.25) is 0 Å². The first-order chi connectivity index (χ1) is 18.2. The number of ether oxygens (including phenoxy) is 2. The Morgan fingerprint density at radius 2 is 1.82 bits per heavy atom. The van der Waals surface area contributed by atoms with Gasteiger partial charge in [-0.05, 0) is 30.2 Å². The fourth-order valence-electron chi connectivity index (χ4n) is 4.54. The lowest BCUT2D eigenvalue weighted by Crippen LogP contribution is -2.55. The molecule has 1 saturated heterocycles. The fraction of sp³-hybridized carbons (Fsp3) is 0.407. The van der Waals surface area contributed by atoms with Crippen molar-refractivity contribution in [1.29, 1.82) is 0 Å². The van der Waals surface area contributed by atoms with Gasteiger partial charge in [0.1, 0.15) is 25.0 Å². The highest BCUT2D eigenvalue weighted by atomic mass is 127. The largest absolute Gasteiger partial charge is 0.491 e. The average Bonchev–Trinajstić information content (AvgIpc) is 3.30. The van der Waals surface area contributed by atoms with Gasteiger partial charge in [-0.3, -0.25) is 14.4 Å². The minimum atomic E-state index is -1.12. The molecule has 202 valence electrons. The van der Waals surface area contributed by atoms with Crippen LogP contribution in [0.25, 0.3) is 0 Å². The molecule has 1 fully saturated rings. The van der Waals surface area contributed by atoms with Gasteiger partial charge < -0.3 is 29.5 Å². The van der Waals surface area contributed by atoms with Crippen LogP contribution >= 0.6 is 22.6 Å². The number of halogens is 1. The van der Waals surface area contributed by atoms with E-state index < -0.39 is 18.0 Å². The average molecular weight is 634 g/mol. The normalized spacial score (nSPS) is 22.8. The number of fused-ring (bicyclic) bond motifs is 3. The number of carbonyl (C=O) groups excluding carboxylic acids is 4. The van der Waals surface area contributed by atoms with Crippen molar-refractivity contribution < 1.29 is 28.7 Å². The van der Waals surface area contributed by atoms with Crippen LogP contribution in [0.5, 0.6) is 5.75 Å². The molecular formula is C27H31IN4O6. The van der Waals surface area contributed by atoms with E-state index in [1.807, 2.05) is 30.3 Å². The Bertz CT molecular complexity index is 1180. The van der Waals surface area contributed by atoms with Gasteiger partial charge in [0, 0.05) is 30.1 Å². The van der Waals surface area contributed by atoms with Gasteiger partial charge in [-0.2, -0.15) is 0 Å². The molecule has 3 atom stereocenters. The third kappa shape index (κ3) is 6.94. The number of amides is 4. The van der Waals surface area contributed by atoms with Crippen LogP contribution in [0.15, 0.2) is 54.6 Å². The van der Waals surface area contributed by atoms with E-state index in [1.54, 1.807) is 36.2 Å². The Morgan fingerprint density at radius 3 is 2.58 bits per heavy atom. The first-order valence-corrected chi connectivity index (χ1v) is 13.6. The molecule has 38 heavy (non-hydrogen) atoms. The summed E-state index contributed by atoms with van der Waals surface area (Å²) >= 11 is 2.32. The Labute approximate surface area is 235 Å². The molecule has 4 rings (SSSR count). The molecule has 1 N–H and O–H groups in total. The second kappa shape index (κ2) is 12.5. The van der Waals surface area contributed by atoms with Crippen molar-refractivity contribution >= 4 is 46.4 Å². The minimum absolute atomic E-state index is 0.0251. The number of carbonyl (C=O) groups is 4. The molecule has 0 spiro atoms. The molecule has 2 aliphatic heterocycles. The van der Waals surface area contributed by atoms with Gasteiger partial charge in [0.15, 0.2) is 0 Å². The molecule has 11 heteroatoms. The van der Waals surface area contributed by atoms with Crippen molar-refractivity contribution in [3.05, 3.63) is 65.7 Å². The number of alkyl carbamates (subject to hydrolysis) is 1. The van der Waals surface area contributed by atoms with E-state index >= 15 is 0 Å². The topological polar surface area (TPSA) is 108 Å². The monoisotopic (exact) mass is 634 g/mol. The second-order valence-electron chi connectivity index (χ2n) is 9.51. The molecule has 2 aromatic rings. The van der Waals surface area contributed by atoms with Crippen LogP contribution in [-0.4, -0.2) is 94.9 Å². The van der Waals surface area contributed by atoms with E-state index in [1.165, 1.54) is 16.8 Å². The van der Waals surface area contributed by atoms with Crippen LogP contribution in [0.1, 0.15) is 22.3 Å². The lowest BCUT2D eigenvalue weighted by atomic mass is 10.1. The van der Waals surface area contributed by atoms with Gasteiger partial charge in [-0.15, -0.1) is 0 Å². The number of hydrogen-bond acceptors (Lipinski definition) is 6. The standard InChI is InChI=1S/C27H31IN4O6/c1-30-14-23(29-27(36)38-16-18-7-4-3-5-8-18)26(35)31(2)15-24(33)32-13-20(28)12-21(32)17-37-22-10-6-9-19(11-22)25(30)34/h3-11,20-21,23H,12-17H2,1-2H3,(H,29,36)/t20-,21-,23+/m0/s1. The van der Waals surface area contributed by atoms with Crippen LogP contribution in [0.4, 0.5) is 4.79 Å². The summed E-state index contributed by atoms with van der Waals surface area (Å²) < 4.78 is 11.6. The zero-order valence-electron chi connectivity index (χ0n) is 21.3. The maximum Gasteiger partial charge on any atom is 0.408 e.